The molecule has 3 N–H and O–H groups in total. The highest BCUT2D eigenvalue weighted by atomic mass is 32.2. The standard InChI is InChI=1S/C22H23FN4O3S2/c1-24-20(29)14-10-12(6-7-15(14)23)25-18(28)8-9-31-11-17-26-21(30)19-13-4-2-3-5-16(13)32-22(19)27-17/h6-7,10H,2-5,8-9,11H2,1H3,(H,24,29)(H,25,28)(H,26,27,30). The summed E-state index contributed by atoms with van der Waals surface area (Å²) in [6.45, 7) is 0. The van der Waals surface area contributed by atoms with E-state index in [1.165, 1.54) is 41.4 Å². The zero-order valence-electron chi connectivity index (χ0n) is 17.5. The van der Waals surface area contributed by atoms with E-state index in [9.17, 15) is 18.8 Å². The van der Waals surface area contributed by atoms with Gasteiger partial charge in [0.1, 0.15) is 16.5 Å². The number of halogens is 1. The van der Waals surface area contributed by atoms with Crippen LogP contribution >= 0.6 is 23.1 Å². The molecule has 0 atom stereocenters. The Labute approximate surface area is 192 Å². The fraction of sp³-hybridized carbons (Fsp3) is 0.364. The predicted octanol–water partition coefficient (Wildman–Crippen LogP) is 3.62. The highest BCUT2D eigenvalue weighted by Crippen LogP contribution is 2.33. The summed E-state index contributed by atoms with van der Waals surface area (Å²) in [7, 11) is 1.41. The lowest BCUT2D eigenvalue weighted by atomic mass is 9.97. The van der Waals surface area contributed by atoms with E-state index in [1.54, 1.807) is 11.3 Å². The molecule has 0 spiro atoms. The van der Waals surface area contributed by atoms with Crippen molar-refractivity contribution in [3.05, 3.63) is 56.2 Å². The number of carbonyl (C=O) groups excluding carboxylic acids is 2. The van der Waals surface area contributed by atoms with Gasteiger partial charge in [-0.1, -0.05) is 0 Å². The number of benzene rings is 1. The van der Waals surface area contributed by atoms with Gasteiger partial charge in [0.05, 0.1) is 16.7 Å². The summed E-state index contributed by atoms with van der Waals surface area (Å²) in [4.78, 5) is 46.1. The largest absolute Gasteiger partial charge is 0.355 e. The second-order valence-electron chi connectivity index (χ2n) is 7.53. The molecular weight excluding hydrogens is 451 g/mol. The van der Waals surface area contributed by atoms with Crippen LogP contribution in [-0.4, -0.2) is 34.6 Å². The van der Waals surface area contributed by atoms with Crippen LogP contribution in [0.1, 0.15) is 45.9 Å². The van der Waals surface area contributed by atoms with Crippen LogP contribution in [0.5, 0.6) is 0 Å². The molecular formula is C22H23FN4O3S2. The van der Waals surface area contributed by atoms with E-state index in [1.807, 2.05) is 0 Å². The van der Waals surface area contributed by atoms with Crippen LogP contribution in [0.3, 0.4) is 0 Å². The minimum absolute atomic E-state index is 0.0778. The first-order chi connectivity index (χ1) is 15.5. The molecule has 0 bridgehead atoms. The maximum Gasteiger partial charge on any atom is 0.259 e. The van der Waals surface area contributed by atoms with Crippen molar-refractivity contribution in [3.8, 4) is 0 Å². The van der Waals surface area contributed by atoms with Crippen molar-refractivity contribution in [3.63, 3.8) is 0 Å². The number of nitrogens with one attached hydrogen (secondary N) is 3. The summed E-state index contributed by atoms with van der Waals surface area (Å²) in [6, 6.07) is 3.87. The Morgan fingerprint density at radius 1 is 1.28 bits per heavy atom. The molecule has 0 aliphatic heterocycles. The molecule has 0 saturated heterocycles. The van der Waals surface area contributed by atoms with E-state index in [0.717, 1.165) is 42.0 Å². The number of rotatable bonds is 7. The van der Waals surface area contributed by atoms with Gasteiger partial charge >= 0.3 is 0 Å². The molecule has 3 aromatic rings. The van der Waals surface area contributed by atoms with Crippen LogP contribution in [-0.2, 0) is 23.4 Å². The molecule has 2 heterocycles. The minimum atomic E-state index is -0.650. The van der Waals surface area contributed by atoms with E-state index in [4.69, 9.17) is 0 Å². The molecule has 1 aromatic carbocycles. The number of amides is 2. The number of anilines is 1. The smallest absolute Gasteiger partial charge is 0.259 e. The Bertz CT molecular complexity index is 1240. The van der Waals surface area contributed by atoms with E-state index in [-0.39, 0.29) is 23.5 Å². The molecule has 7 nitrogen and oxygen atoms in total. The van der Waals surface area contributed by atoms with Crippen molar-refractivity contribution in [2.45, 2.75) is 37.9 Å². The second-order valence-corrected chi connectivity index (χ2v) is 9.72. The van der Waals surface area contributed by atoms with Gasteiger partial charge in [-0.25, -0.2) is 9.37 Å². The summed E-state index contributed by atoms with van der Waals surface area (Å²) < 4.78 is 13.7. The van der Waals surface area contributed by atoms with E-state index < -0.39 is 11.7 Å². The zero-order valence-corrected chi connectivity index (χ0v) is 19.2. The fourth-order valence-electron chi connectivity index (χ4n) is 3.75. The topological polar surface area (TPSA) is 104 Å². The number of hydrogen-bond acceptors (Lipinski definition) is 6. The van der Waals surface area contributed by atoms with Gasteiger partial charge in [-0.15, -0.1) is 11.3 Å². The molecule has 1 aliphatic rings. The number of fused-ring (bicyclic) bond motifs is 3. The lowest BCUT2D eigenvalue weighted by Crippen LogP contribution is -2.20. The molecule has 1 aliphatic carbocycles. The van der Waals surface area contributed by atoms with Gasteiger partial charge < -0.3 is 15.6 Å². The Hall–Kier alpha value is -2.72. The first-order valence-electron chi connectivity index (χ1n) is 10.4. The molecule has 2 aromatic heterocycles. The summed E-state index contributed by atoms with van der Waals surface area (Å²) >= 11 is 3.12. The van der Waals surface area contributed by atoms with Crippen molar-refractivity contribution < 1.29 is 14.0 Å². The monoisotopic (exact) mass is 474 g/mol. The molecule has 0 fully saturated rings. The average Bonchev–Trinajstić information content (AvgIpc) is 3.16. The number of H-pyrrole nitrogens is 1. The molecule has 0 unspecified atom stereocenters. The Balaban J connectivity index is 1.32. The highest BCUT2D eigenvalue weighted by Gasteiger charge is 2.19. The molecule has 2 amide bonds. The van der Waals surface area contributed by atoms with E-state index >= 15 is 0 Å². The number of aromatic nitrogens is 2. The average molecular weight is 475 g/mol. The van der Waals surface area contributed by atoms with Gasteiger partial charge in [0.15, 0.2) is 0 Å². The number of aryl methyl sites for hydroxylation is 2. The van der Waals surface area contributed by atoms with Gasteiger partial charge in [0.25, 0.3) is 11.5 Å². The molecule has 0 radical (unpaired) electrons. The summed E-state index contributed by atoms with van der Waals surface area (Å²) in [5.74, 6) is 0.188. The number of carbonyl (C=O) groups is 2. The molecule has 10 heteroatoms. The third-order valence-electron chi connectivity index (χ3n) is 5.31. The molecule has 168 valence electrons. The Kier molecular flexibility index (Phi) is 6.90. The maximum atomic E-state index is 13.7. The number of nitrogens with zero attached hydrogens (tertiary/aromatic N) is 1. The van der Waals surface area contributed by atoms with Gasteiger partial charge in [-0.3, -0.25) is 14.4 Å². The number of hydrogen-bond donors (Lipinski definition) is 3. The van der Waals surface area contributed by atoms with E-state index in [2.05, 4.69) is 20.6 Å². The maximum absolute atomic E-state index is 13.7. The third kappa shape index (κ3) is 4.86. The normalized spacial score (nSPS) is 13.1. The Morgan fingerprint density at radius 2 is 2.09 bits per heavy atom. The van der Waals surface area contributed by atoms with Gasteiger partial charge in [0, 0.05) is 29.8 Å². The van der Waals surface area contributed by atoms with Crippen molar-refractivity contribution >= 4 is 50.8 Å². The van der Waals surface area contributed by atoms with Crippen molar-refractivity contribution in [1.29, 1.82) is 0 Å². The van der Waals surface area contributed by atoms with Crippen molar-refractivity contribution in [2.75, 3.05) is 18.1 Å². The summed E-state index contributed by atoms with van der Waals surface area (Å²) in [5, 5.41) is 5.78. The van der Waals surface area contributed by atoms with Gasteiger partial charge in [-0.2, -0.15) is 11.8 Å². The highest BCUT2D eigenvalue weighted by molar-refractivity contribution is 7.98. The Morgan fingerprint density at radius 3 is 2.91 bits per heavy atom. The van der Waals surface area contributed by atoms with Gasteiger partial charge in [0.2, 0.25) is 5.91 Å². The number of thiophene rings is 1. The number of thioether (sulfide) groups is 1. The minimum Gasteiger partial charge on any atom is -0.355 e. The molecule has 0 saturated carbocycles. The van der Waals surface area contributed by atoms with Crippen LogP contribution < -0.4 is 16.2 Å². The van der Waals surface area contributed by atoms with Crippen LogP contribution in [0.25, 0.3) is 10.2 Å². The van der Waals surface area contributed by atoms with E-state index in [0.29, 0.717) is 23.0 Å². The van der Waals surface area contributed by atoms with Gasteiger partial charge in [-0.05, 0) is 49.4 Å². The number of aromatic amines is 1. The van der Waals surface area contributed by atoms with Crippen molar-refractivity contribution in [2.24, 2.45) is 0 Å². The zero-order chi connectivity index (χ0) is 22.7. The lowest BCUT2D eigenvalue weighted by molar-refractivity contribution is -0.115. The summed E-state index contributed by atoms with van der Waals surface area (Å²) in [5.41, 5.74) is 1.32. The first kappa shape index (κ1) is 22.5. The lowest BCUT2D eigenvalue weighted by Gasteiger charge is -2.09. The fourth-order valence-corrected chi connectivity index (χ4v) is 5.83. The van der Waals surface area contributed by atoms with Crippen LogP contribution in [0, 0.1) is 5.82 Å². The summed E-state index contributed by atoms with van der Waals surface area (Å²) in [6.07, 6.45) is 4.48. The predicted molar refractivity (Wildman–Crippen MR) is 126 cm³/mol. The third-order valence-corrected chi connectivity index (χ3v) is 7.46. The second kappa shape index (κ2) is 9.83. The van der Waals surface area contributed by atoms with Crippen LogP contribution in [0.2, 0.25) is 0 Å². The first-order valence-corrected chi connectivity index (χ1v) is 12.4. The van der Waals surface area contributed by atoms with Crippen LogP contribution in [0.15, 0.2) is 23.0 Å². The molecule has 32 heavy (non-hydrogen) atoms. The van der Waals surface area contributed by atoms with Crippen LogP contribution in [0.4, 0.5) is 10.1 Å². The van der Waals surface area contributed by atoms with Crippen molar-refractivity contribution in [1.82, 2.24) is 15.3 Å². The quantitative estimate of drug-likeness (QED) is 0.454. The molecule has 4 rings (SSSR count). The SMILES string of the molecule is CNC(=O)c1cc(NC(=O)CCSCc2nc3sc4c(c3c(=O)[nH]2)CCCC4)ccc1F.